The Labute approximate surface area is 263 Å². The third kappa shape index (κ3) is 13.5. The third-order valence-electron chi connectivity index (χ3n) is 7.02. The second kappa shape index (κ2) is 21.7. The number of benzene rings is 1. The van der Waals surface area contributed by atoms with Crippen LogP contribution in [0.2, 0.25) is 0 Å². The predicted octanol–water partition coefficient (Wildman–Crippen LogP) is 7.20. The van der Waals surface area contributed by atoms with Gasteiger partial charge in [-0.05, 0) is 69.7 Å². The number of allylic oxidation sites excluding steroid dienone is 1. The van der Waals surface area contributed by atoms with E-state index >= 15 is 0 Å². The van der Waals surface area contributed by atoms with Gasteiger partial charge in [-0.3, -0.25) is 0 Å². The fraction of sp³-hybridized carbons (Fsp3) is 0.576. The molecular formula is C33H53N7O2S. The summed E-state index contributed by atoms with van der Waals surface area (Å²) in [7, 11) is 0. The summed E-state index contributed by atoms with van der Waals surface area (Å²) in [5.74, 6) is 2.17. The zero-order valence-corrected chi connectivity index (χ0v) is 27.9. The molecule has 1 fully saturated rings. The Morgan fingerprint density at radius 1 is 1.12 bits per heavy atom. The van der Waals surface area contributed by atoms with Gasteiger partial charge in [0.15, 0.2) is 0 Å². The molecule has 0 aliphatic carbocycles. The zero-order valence-electron chi connectivity index (χ0n) is 27.1. The average molecular weight is 612 g/mol. The first-order valence-electron chi connectivity index (χ1n) is 15.8. The summed E-state index contributed by atoms with van der Waals surface area (Å²) in [4.78, 5) is 10.4. The van der Waals surface area contributed by atoms with Gasteiger partial charge in [-0.2, -0.15) is 0 Å². The van der Waals surface area contributed by atoms with Crippen LogP contribution >= 0.6 is 11.9 Å². The van der Waals surface area contributed by atoms with Gasteiger partial charge < -0.3 is 19.5 Å². The minimum absolute atomic E-state index is 0.155. The Kier molecular flexibility index (Phi) is 18.3. The van der Waals surface area contributed by atoms with E-state index in [0.717, 1.165) is 54.5 Å². The van der Waals surface area contributed by atoms with E-state index in [1.54, 1.807) is 12.4 Å². The van der Waals surface area contributed by atoms with Crippen LogP contribution in [0.3, 0.4) is 0 Å². The summed E-state index contributed by atoms with van der Waals surface area (Å²) >= 11 is 1.50. The van der Waals surface area contributed by atoms with Gasteiger partial charge in [0, 0.05) is 36.4 Å². The number of aliphatic hydroxyl groups is 1. The Morgan fingerprint density at radius 3 is 2.51 bits per heavy atom. The summed E-state index contributed by atoms with van der Waals surface area (Å²) in [5, 5.41) is 17.2. The summed E-state index contributed by atoms with van der Waals surface area (Å²) < 4.78 is 11.3. The van der Waals surface area contributed by atoms with Crippen LogP contribution in [0.25, 0.3) is 5.69 Å². The van der Waals surface area contributed by atoms with E-state index < -0.39 is 0 Å². The summed E-state index contributed by atoms with van der Waals surface area (Å²) in [6, 6.07) is 8.15. The first-order chi connectivity index (χ1) is 21.0. The van der Waals surface area contributed by atoms with Crippen molar-refractivity contribution in [3.05, 3.63) is 66.5 Å². The first kappa shape index (κ1) is 36.2. The number of unbranched alkanes of at least 4 members (excludes halogenated alkanes) is 1. The fourth-order valence-electron chi connectivity index (χ4n) is 4.73. The number of ether oxygens (including phenoxy) is 1. The molecule has 2 aromatic heterocycles. The number of hydrogen-bond acceptors (Lipinski definition) is 9. The van der Waals surface area contributed by atoms with Crippen molar-refractivity contribution in [3.8, 4) is 5.69 Å². The van der Waals surface area contributed by atoms with E-state index in [1.165, 1.54) is 37.6 Å². The Hall–Kier alpha value is -2.95. The molecule has 0 bridgehead atoms. The van der Waals surface area contributed by atoms with Crippen LogP contribution in [0.15, 0.2) is 55.0 Å². The molecule has 0 amide bonds. The van der Waals surface area contributed by atoms with Crippen LogP contribution in [-0.2, 0) is 4.74 Å². The van der Waals surface area contributed by atoms with Crippen molar-refractivity contribution in [2.45, 2.75) is 86.2 Å². The molecule has 0 radical (unpaired) electrons. The number of nitrogens with zero attached hydrogens (tertiary/aromatic N) is 6. The van der Waals surface area contributed by atoms with Gasteiger partial charge >= 0.3 is 0 Å². The van der Waals surface area contributed by atoms with E-state index in [0.29, 0.717) is 24.4 Å². The standard InChI is InChI=1S/C25H39N5O2S.C6H8N2.C2H6/c1-3-5-7-21(4-2)8-6-18-32-23-11-14-29(15-12-23)25-20-22(27-33-19-17-31)9-10-24(25)30-16-13-26-28-30;1-5-3-4-7-6(2)8-5;1-2/h6,8-10,13,16,20-21,23,27,31H,3-5,7,11-12,14-15,17-19H2,1-2H3;3-4H,1-2H3;1-2H3/b8-6-;;. The molecule has 0 spiro atoms. The lowest BCUT2D eigenvalue weighted by atomic mass is 9.99. The summed E-state index contributed by atoms with van der Waals surface area (Å²) in [5.41, 5.74) is 4.20. The number of aromatic nitrogens is 5. The van der Waals surface area contributed by atoms with Gasteiger partial charge in [-0.1, -0.05) is 69.8 Å². The maximum Gasteiger partial charge on any atom is 0.125 e. The highest BCUT2D eigenvalue weighted by Crippen LogP contribution is 2.31. The van der Waals surface area contributed by atoms with E-state index in [1.807, 2.05) is 50.7 Å². The number of aliphatic hydroxyl groups excluding tert-OH is 1. The molecule has 3 aromatic rings. The van der Waals surface area contributed by atoms with Crippen molar-refractivity contribution < 1.29 is 9.84 Å². The lowest BCUT2D eigenvalue weighted by Gasteiger charge is -2.34. The van der Waals surface area contributed by atoms with Crippen molar-refractivity contribution in [3.63, 3.8) is 0 Å². The van der Waals surface area contributed by atoms with Crippen LogP contribution in [0.4, 0.5) is 11.4 Å². The molecule has 1 unspecified atom stereocenters. The third-order valence-corrected chi connectivity index (χ3v) is 7.78. The van der Waals surface area contributed by atoms with Crippen molar-refractivity contribution in [2.24, 2.45) is 5.92 Å². The van der Waals surface area contributed by atoms with Gasteiger partial charge in [0.25, 0.3) is 0 Å². The maximum absolute atomic E-state index is 9.04. The number of nitrogens with one attached hydrogen (secondary N) is 1. The number of anilines is 2. The van der Waals surface area contributed by atoms with Gasteiger partial charge in [-0.25, -0.2) is 14.6 Å². The first-order valence-corrected chi connectivity index (χ1v) is 16.8. The molecule has 1 saturated heterocycles. The summed E-state index contributed by atoms with van der Waals surface area (Å²) in [6.07, 6.45) is 17.3. The van der Waals surface area contributed by atoms with Crippen molar-refractivity contribution in [1.82, 2.24) is 25.0 Å². The van der Waals surface area contributed by atoms with Crippen LogP contribution in [0.5, 0.6) is 0 Å². The monoisotopic (exact) mass is 611 g/mol. The molecule has 4 rings (SSSR count). The van der Waals surface area contributed by atoms with E-state index in [2.05, 4.69) is 68.0 Å². The van der Waals surface area contributed by atoms with Crippen LogP contribution in [0.1, 0.15) is 77.7 Å². The van der Waals surface area contributed by atoms with E-state index in [4.69, 9.17) is 9.84 Å². The molecule has 1 aliphatic heterocycles. The van der Waals surface area contributed by atoms with Gasteiger partial charge in [0.05, 0.1) is 43.1 Å². The van der Waals surface area contributed by atoms with Crippen molar-refractivity contribution in [2.75, 3.05) is 41.7 Å². The molecule has 1 aliphatic rings. The SMILES string of the molecule is CC.CCCCC(/C=C\COC1CCN(c2cc(NSCCO)ccc2-n2ccnn2)CC1)CC.Cc1ccnc(C)n1. The minimum atomic E-state index is 0.155. The molecule has 238 valence electrons. The molecule has 3 heterocycles. The van der Waals surface area contributed by atoms with Gasteiger partial charge in [0.2, 0.25) is 0 Å². The minimum Gasteiger partial charge on any atom is -0.395 e. The molecular weight excluding hydrogens is 558 g/mol. The highest BCUT2D eigenvalue weighted by Gasteiger charge is 2.22. The lowest BCUT2D eigenvalue weighted by molar-refractivity contribution is 0.0560. The summed E-state index contributed by atoms with van der Waals surface area (Å²) in [6.45, 7) is 15.1. The number of rotatable bonds is 14. The maximum atomic E-state index is 9.04. The molecule has 2 N–H and O–H groups in total. The largest absolute Gasteiger partial charge is 0.395 e. The highest BCUT2D eigenvalue weighted by molar-refractivity contribution is 8.00. The smallest absolute Gasteiger partial charge is 0.125 e. The second-order valence-corrected chi connectivity index (χ2v) is 11.1. The number of piperidine rings is 1. The Balaban J connectivity index is 0.000000550. The fourth-order valence-corrected chi connectivity index (χ4v) is 5.22. The van der Waals surface area contributed by atoms with Gasteiger partial charge in [-0.15, -0.1) is 5.10 Å². The van der Waals surface area contributed by atoms with Crippen molar-refractivity contribution >= 4 is 23.3 Å². The van der Waals surface area contributed by atoms with E-state index in [9.17, 15) is 0 Å². The quantitative estimate of drug-likeness (QED) is 0.111. The lowest BCUT2D eigenvalue weighted by Crippen LogP contribution is -2.37. The van der Waals surface area contributed by atoms with Gasteiger partial charge in [0.1, 0.15) is 5.82 Å². The van der Waals surface area contributed by atoms with E-state index in [-0.39, 0.29) is 6.61 Å². The molecule has 43 heavy (non-hydrogen) atoms. The van der Waals surface area contributed by atoms with Crippen molar-refractivity contribution in [1.29, 1.82) is 0 Å². The normalized spacial score (nSPS) is 14.1. The predicted molar refractivity (Wildman–Crippen MR) is 181 cm³/mol. The second-order valence-electron chi connectivity index (χ2n) is 10.2. The molecule has 1 atom stereocenters. The van der Waals surface area contributed by atoms with Crippen LogP contribution in [0, 0.1) is 19.8 Å². The number of aryl methyl sites for hydroxylation is 2. The molecule has 10 heteroatoms. The van der Waals surface area contributed by atoms with Crippen LogP contribution in [-0.4, -0.2) is 68.2 Å². The Bertz CT molecular complexity index is 1130. The van der Waals surface area contributed by atoms with Crippen LogP contribution < -0.4 is 9.62 Å². The molecule has 9 nitrogen and oxygen atoms in total. The topological polar surface area (TPSA) is 101 Å². The molecule has 0 saturated carbocycles. The highest BCUT2D eigenvalue weighted by atomic mass is 32.2. The Morgan fingerprint density at radius 2 is 1.91 bits per heavy atom. The number of hydrogen-bond donors (Lipinski definition) is 2. The average Bonchev–Trinajstić information content (AvgIpc) is 3.57. The zero-order chi connectivity index (χ0) is 31.3. The molecule has 1 aromatic carbocycles.